The number of aromatic nitrogens is 3. The number of nitrogens with one attached hydrogen (secondary N) is 1. The van der Waals surface area contributed by atoms with Crippen molar-refractivity contribution in [3.8, 4) is 11.5 Å². The van der Waals surface area contributed by atoms with Crippen molar-refractivity contribution in [2.24, 2.45) is 0 Å². The van der Waals surface area contributed by atoms with Gasteiger partial charge in [0, 0.05) is 18.8 Å². The molecule has 8 heteroatoms. The molecule has 0 unspecified atom stereocenters. The van der Waals surface area contributed by atoms with Gasteiger partial charge in [-0.25, -0.2) is 9.97 Å². The van der Waals surface area contributed by atoms with E-state index in [9.17, 15) is 10.1 Å². The third-order valence-corrected chi connectivity index (χ3v) is 4.98. The molecule has 3 aromatic heterocycles. The van der Waals surface area contributed by atoms with E-state index in [1.807, 2.05) is 36.4 Å². The quantitative estimate of drug-likeness (QED) is 0.397. The largest absolute Gasteiger partial charge is 0.369 e. The maximum Gasteiger partial charge on any atom is 0.326 e. The molecule has 1 N–H and O–H groups in total. The minimum Gasteiger partial charge on any atom is -0.369 e. The van der Waals surface area contributed by atoms with Gasteiger partial charge in [-0.1, -0.05) is 36.4 Å². The normalized spacial score (nSPS) is 10.8. The zero-order valence-electron chi connectivity index (χ0n) is 14.2. The number of anilines is 1. The summed E-state index contributed by atoms with van der Waals surface area (Å²) in [4.78, 5) is 24.7. The Morgan fingerprint density at radius 1 is 1.07 bits per heavy atom. The van der Waals surface area contributed by atoms with Crippen LogP contribution >= 0.6 is 11.3 Å². The molecule has 1 aromatic carbocycles. The molecule has 134 valence electrons. The number of fused-ring (bicyclic) bond motifs is 1. The predicted octanol–water partition coefficient (Wildman–Crippen LogP) is 4.32. The first kappa shape index (κ1) is 17.0. The highest BCUT2D eigenvalue weighted by Gasteiger charge is 2.18. The Hall–Kier alpha value is -3.39. The van der Waals surface area contributed by atoms with Crippen LogP contribution in [0.4, 0.5) is 10.8 Å². The maximum atomic E-state index is 11.2. The molecule has 0 aliphatic rings. The smallest absolute Gasteiger partial charge is 0.326 e. The lowest BCUT2D eigenvalue weighted by atomic mass is 10.1. The fraction of sp³-hybridized carbons (Fsp3) is 0.105. The first-order valence-electron chi connectivity index (χ1n) is 8.36. The van der Waals surface area contributed by atoms with Crippen LogP contribution in [0.1, 0.15) is 5.56 Å². The Morgan fingerprint density at radius 2 is 1.89 bits per heavy atom. The predicted molar refractivity (Wildman–Crippen MR) is 106 cm³/mol. The van der Waals surface area contributed by atoms with Gasteiger partial charge in [-0.2, -0.15) is 0 Å². The van der Waals surface area contributed by atoms with Crippen molar-refractivity contribution in [3.63, 3.8) is 0 Å². The van der Waals surface area contributed by atoms with E-state index in [-0.39, 0.29) is 5.00 Å². The fourth-order valence-electron chi connectivity index (χ4n) is 2.71. The van der Waals surface area contributed by atoms with Crippen LogP contribution in [0.25, 0.3) is 21.7 Å². The molecule has 0 saturated carbocycles. The third kappa shape index (κ3) is 3.75. The fourth-order valence-corrected chi connectivity index (χ4v) is 3.56. The van der Waals surface area contributed by atoms with Crippen LogP contribution in [-0.2, 0) is 6.42 Å². The summed E-state index contributed by atoms with van der Waals surface area (Å²) in [6, 6.07) is 17.1. The van der Waals surface area contributed by atoms with Crippen LogP contribution < -0.4 is 5.32 Å². The van der Waals surface area contributed by atoms with Crippen molar-refractivity contribution in [2.75, 3.05) is 11.9 Å². The van der Waals surface area contributed by atoms with Crippen molar-refractivity contribution in [3.05, 3.63) is 76.5 Å². The van der Waals surface area contributed by atoms with E-state index in [0.717, 1.165) is 17.8 Å². The summed E-state index contributed by atoms with van der Waals surface area (Å²) in [5.74, 6) is 1.03. The van der Waals surface area contributed by atoms with E-state index >= 15 is 0 Å². The first-order valence-corrected chi connectivity index (χ1v) is 9.17. The van der Waals surface area contributed by atoms with Crippen LogP contribution in [0.2, 0.25) is 0 Å². The molecule has 4 aromatic rings. The lowest BCUT2D eigenvalue weighted by Gasteiger charge is -2.08. The second kappa shape index (κ2) is 7.46. The molecule has 7 nitrogen and oxygen atoms in total. The minimum absolute atomic E-state index is 0.0450. The number of benzene rings is 1. The number of nitrogens with zero attached hydrogens (tertiary/aromatic N) is 4. The molecule has 0 saturated heterocycles. The molecule has 0 aliphatic carbocycles. The highest BCUT2D eigenvalue weighted by molar-refractivity contribution is 7.21. The van der Waals surface area contributed by atoms with Crippen LogP contribution in [-0.4, -0.2) is 26.4 Å². The summed E-state index contributed by atoms with van der Waals surface area (Å²) in [6.07, 6.45) is 2.49. The molecule has 0 fully saturated rings. The van der Waals surface area contributed by atoms with Crippen molar-refractivity contribution in [1.82, 2.24) is 15.0 Å². The molecule has 0 amide bonds. The lowest BCUT2D eigenvalue weighted by Crippen LogP contribution is -2.07. The van der Waals surface area contributed by atoms with Crippen molar-refractivity contribution in [1.29, 1.82) is 0 Å². The second-order valence-electron chi connectivity index (χ2n) is 5.83. The zero-order chi connectivity index (χ0) is 18.6. The molecule has 3 heterocycles. The maximum absolute atomic E-state index is 11.2. The Morgan fingerprint density at radius 3 is 2.63 bits per heavy atom. The molecule has 0 spiro atoms. The van der Waals surface area contributed by atoms with Crippen LogP contribution in [0.3, 0.4) is 0 Å². The van der Waals surface area contributed by atoms with Crippen molar-refractivity contribution < 1.29 is 4.92 Å². The highest BCUT2D eigenvalue weighted by Crippen LogP contribution is 2.35. The van der Waals surface area contributed by atoms with Crippen LogP contribution in [0.15, 0.2) is 60.8 Å². The summed E-state index contributed by atoms with van der Waals surface area (Å²) in [7, 11) is 0. The molecule has 0 atom stereocenters. The standard InChI is InChI=1S/C19H15N5O2S/c25-24(26)16-12-14-17(21-11-9-13-6-2-1-3-7-13)22-18(23-19(14)27-16)15-8-4-5-10-20-15/h1-8,10,12H,9,11H2,(H,21,22,23). The van der Waals surface area contributed by atoms with Crippen molar-refractivity contribution in [2.45, 2.75) is 6.42 Å². The van der Waals surface area contributed by atoms with Gasteiger partial charge in [-0.3, -0.25) is 15.1 Å². The average molecular weight is 377 g/mol. The second-order valence-corrected chi connectivity index (χ2v) is 6.84. The van der Waals surface area contributed by atoms with Gasteiger partial charge in [0.05, 0.1) is 10.3 Å². The Bertz CT molecular complexity index is 1080. The summed E-state index contributed by atoms with van der Waals surface area (Å²) in [6.45, 7) is 0.654. The lowest BCUT2D eigenvalue weighted by molar-refractivity contribution is -0.380. The topological polar surface area (TPSA) is 93.8 Å². The van der Waals surface area contributed by atoms with E-state index < -0.39 is 4.92 Å². The summed E-state index contributed by atoms with van der Waals surface area (Å²) < 4.78 is 0. The number of rotatable bonds is 6. The van der Waals surface area contributed by atoms with Crippen LogP contribution in [0.5, 0.6) is 0 Å². The molecular formula is C19H15N5O2S. The van der Waals surface area contributed by atoms with Gasteiger partial charge in [0.15, 0.2) is 5.82 Å². The average Bonchev–Trinajstić information content (AvgIpc) is 3.14. The van der Waals surface area contributed by atoms with Gasteiger partial charge >= 0.3 is 5.00 Å². The summed E-state index contributed by atoms with van der Waals surface area (Å²) in [5.41, 5.74) is 1.83. The first-order chi connectivity index (χ1) is 13.2. The van der Waals surface area contributed by atoms with Crippen molar-refractivity contribution >= 4 is 32.4 Å². The molecule has 0 bridgehead atoms. The minimum atomic E-state index is -0.402. The third-order valence-electron chi connectivity index (χ3n) is 4.00. The van der Waals surface area contributed by atoms with E-state index in [1.165, 1.54) is 11.6 Å². The molecule has 27 heavy (non-hydrogen) atoms. The Balaban J connectivity index is 1.69. The van der Waals surface area contributed by atoms with E-state index in [4.69, 9.17) is 0 Å². The van der Waals surface area contributed by atoms with Gasteiger partial charge in [-0.05, 0) is 35.5 Å². The number of nitro groups is 1. The molecule has 0 radical (unpaired) electrons. The van der Waals surface area contributed by atoms with E-state index in [2.05, 4.69) is 32.4 Å². The van der Waals surface area contributed by atoms with Gasteiger partial charge < -0.3 is 5.32 Å². The van der Waals surface area contributed by atoms with Gasteiger partial charge in [0.1, 0.15) is 16.3 Å². The molecule has 0 aliphatic heterocycles. The Labute approximate surface area is 158 Å². The van der Waals surface area contributed by atoms with Gasteiger partial charge in [0.2, 0.25) is 0 Å². The summed E-state index contributed by atoms with van der Waals surface area (Å²) in [5, 5.41) is 15.2. The Kier molecular flexibility index (Phi) is 4.71. The zero-order valence-corrected chi connectivity index (χ0v) is 15.0. The van der Waals surface area contributed by atoms with E-state index in [0.29, 0.717) is 34.1 Å². The number of pyridine rings is 1. The SMILES string of the molecule is O=[N+]([O-])c1cc2c(NCCc3ccccc3)nc(-c3ccccn3)nc2s1. The van der Waals surface area contributed by atoms with Crippen LogP contribution in [0, 0.1) is 10.1 Å². The van der Waals surface area contributed by atoms with E-state index in [1.54, 1.807) is 6.20 Å². The highest BCUT2D eigenvalue weighted by atomic mass is 32.1. The number of hydrogen-bond donors (Lipinski definition) is 1. The monoisotopic (exact) mass is 377 g/mol. The number of thiophene rings is 1. The van der Waals surface area contributed by atoms with Gasteiger partial charge in [-0.15, -0.1) is 0 Å². The van der Waals surface area contributed by atoms with Gasteiger partial charge in [0.25, 0.3) is 0 Å². The number of hydrogen-bond acceptors (Lipinski definition) is 7. The summed E-state index contributed by atoms with van der Waals surface area (Å²) >= 11 is 1.04. The molecule has 4 rings (SSSR count). The molecular weight excluding hydrogens is 362 g/mol.